The molecular formula is C15H18N4O3S. The number of thiophene rings is 1. The van der Waals surface area contributed by atoms with Crippen molar-refractivity contribution in [1.29, 1.82) is 0 Å². The van der Waals surface area contributed by atoms with Gasteiger partial charge >= 0.3 is 0 Å². The van der Waals surface area contributed by atoms with Crippen molar-refractivity contribution in [3.8, 4) is 0 Å². The number of aryl methyl sites for hydroxylation is 1. The maximum absolute atomic E-state index is 12.6. The Morgan fingerprint density at radius 1 is 1.48 bits per heavy atom. The van der Waals surface area contributed by atoms with Gasteiger partial charge < -0.3 is 14.7 Å². The molecule has 3 rings (SSSR count). The number of rotatable bonds is 4. The molecule has 7 nitrogen and oxygen atoms in total. The summed E-state index contributed by atoms with van der Waals surface area (Å²) in [6.07, 6.45) is 0. The van der Waals surface area contributed by atoms with Crippen LogP contribution in [0.1, 0.15) is 29.4 Å². The largest absolute Gasteiger partial charge is 0.351 e. The number of likely N-dealkylation sites (tertiary alicyclic amines) is 1. The van der Waals surface area contributed by atoms with E-state index in [1.807, 2.05) is 17.5 Å². The summed E-state index contributed by atoms with van der Waals surface area (Å²) < 4.78 is 5.23. The maximum Gasteiger partial charge on any atom is 0.232 e. The van der Waals surface area contributed by atoms with Crippen molar-refractivity contribution in [2.24, 2.45) is 5.92 Å². The van der Waals surface area contributed by atoms with Crippen LogP contribution < -0.4 is 5.32 Å². The predicted molar refractivity (Wildman–Crippen MR) is 83.7 cm³/mol. The van der Waals surface area contributed by atoms with Gasteiger partial charge in [0.15, 0.2) is 5.82 Å². The predicted octanol–water partition coefficient (Wildman–Crippen LogP) is 1.32. The van der Waals surface area contributed by atoms with E-state index in [9.17, 15) is 9.59 Å². The summed E-state index contributed by atoms with van der Waals surface area (Å²) >= 11 is 1.59. The molecule has 1 aliphatic rings. The topological polar surface area (TPSA) is 88.3 Å². The summed E-state index contributed by atoms with van der Waals surface area (Å²) in [6.45, 7) is 4.52. The lowest BCUT2D eigenvalue weighted by atomic mass is 9.95. The quantitative estimate of drug-likeness (QED) is 0.911. The van der Waals surface area contributed by atoms with Crippen molar-refractivity contribution in [3.63, 3.8) is 0 Å². The van der Waals surface area contributed by atoms with Crippen LogP contribution in [0.25, 0.3) is 0 Å². The van der Waals surface area contributed by atoms with Crippen LogP contribution in [0, 0.1) is 12.8 Å². The molecule has 23 heavy (non-hydrogen) atoms. The molecule has 2 aromatic rings. The Kier molecular flexibility index (Phi) is 4.42. The molecule has 0 unspecified atom stereocenters. The van der Waals surface area contributed by atoms with E-state index in [-0.39, 0.29) is 23.7 Å². The molecule has 0 bridgehead atoms. The fraction of sp³-hybridized carbons (Fsp3) is 0.467. The number of hydrogen-bond donors (Lipinski definition) is 1. The number of aromatic nitrogens is 2. The summed E-state index contributed by atoms with van der Waals surface area (Å²) in [4.78, 5) is 31.2. The Bertz CT molecular complexity index is 697. The highest BCUT2D eigenvalue weighted by Crippen LogP contribution is 2.32. The molecule has 1 aliphatic heterocycles. The van der Waals surface area contributed by atoms with Gasteiger partial charge in [0.25, 0.3) is 0 Å². The van der Waals surface area contributed by atoms with Gasteiger partial charge in [-0.2, -0.15) is 4.98 Å². The fourth-order valence-corrected chi connectivity index (χ4v) is 3.40. The summed E-state index contributed by atoms with van der Waals surface area (Å²) in [5, 5.41) is 8.70. The Balaban J connectivity index is 1.73. The van der Waals surface area contributed by atoms with Crippen molar-refractivity contribution in [2.45, 2.75) is 26.3 Å². The van der Waals surface area contributed by atoms with E-state index in [0.717, 1.165) is 4.88 Å². The van der Waals surface area contributed by atoms with Crippen LogP contribution >= 0.6 is 11.3 Å². The van der Waals surface area contributed by atoms with E-state index in [0.29, 0.717) is 31.3 Å². The van der Waals surface area contributed by atoms with Crippen LogP contribution in [0.2, 0.25) is 0 Å². The number of carbonyl (C=O) groups excluding carboxylic acids is 2. The number of amides is 2. The van der Waals surface area contributed by atoms with Crippen LogP contribution in [0.5, 0.6) is 0 Å². The van der Waals surface area contributed by atoms with Gasteiger partial charge in [-0.05, 0) is 18.4 Å². The van der Waals surface area contributed by atoms with Crippen LogP contribution in [0.3, 0.4) is 0 Å². The minimum absolute atomic E-state index is 0.0557. The average Bonchev–Trinajstić information content (AvgIpc) is 3.24. The van der Waals surface area contributed by atoms with Gasteiger partial charge in [0.05, 0.1) is 18.4 Å². The van der Waals surface area contributed by atoms with Gasteiger partial charge in [-0.1, -0.05) is 11.2 Å². The summed E-state index contributed by atoms with van der Waals surface area (Å²) in [7, 11) is 0. The molecule has 1 N–H and O–H groups in total. The number of nitrogens with one attached hydrogen (secondary N) is 1. The van der Waals surface area contributed by atoms with E-state index in [1.54, 1.807) is 23.2 Å². The van der Waals surface area contributed by atoms with E-state index < -0.39 is 0 Å². The van der Waals surface area contributed by atoms with Crippen LogP contribution in [0.15, 0.2) is 22.0 Å². The first-order valence-electron chi connectivity index (χ1n) is 7.40. The standard InChI is InChI=1S/C15H18N4O3S/c1-9-17-15(22-18-9)13-8-19(10(2)20)7-12(13)14(21)16-6-11-4-3-5-23-11/h3-5,12-13H,6-8H2,1-2H3,(H,16,21)/t12-,13-/m1/s1. The molecule has 2 amide bonds. The number of nitrogens with zero attached hydrogens (tertiary/aromatic N) is 3. The Hall–Kier alpha value is -2.22. The zero-order valence-corrected chi connectivity index (χ0v) is 13.8. The minimum Gasteiger partial charge on any atom is -0.351 e. The molecule has 0 aliphatic carbocycles. The van der Waals surface area contributed by atoms with Crippen molar-refractivity contribution in [1.82, 2.24) is 20.4 Å². The first kappa shape index (κ1) is 15.7. The Morgan fingerprint density at radius 3 is 2.91 bits per heavy atom. The molecule has 122 valence electrons. The molecule has 2 atom stereocenters. The van der Waals surface area contributed by atoms with Gasteiger partial charge in [0.1, 0.15) is 0 Å². The maximum atomic E-state index is 12.6. The van der Waals surface area contributed by atoms with Gasteiger partial charge in [0.2, 0.25) is 17.7 Å². The van der Waals surface area contributed by atoms with Gasteiger partial charge in [0, 0.05) is 24.9 Å². The first-order valence-corrected chi connectivity index (χ1v) is 8.28. The lowest BCUT2D eigenvalue weighted by Gasteiger charge is -2.14. The molecule has 3 heterocycles. The molecule has 0 spiro atoms. The molecule has 2 aromatic heterocycles. The monoisotopic (exact) mass is 334 g/mol. The third-order valence-corrected chi connectivity index (χ3v) is 4.86. The SMILES string of the molecule is CC(=O)N1C[C@@H](C(=O)NCc2cccs2)[C@H](c2nc(C)no2)C1. The lowest BCUT2D eigenvalue weighted by Crippen LogP contribution is -2.34. The van der Waals surface area contributed by atoms with E-state index >= 15 is 0 Å². The summed E-state index contributed by atoms with van der Waals surface area (Å²) in [5.74, 6) is 0.159. The minimum atomic E-state index is -0.376. The second-order valence-corrected chi connectivity index (χ2v) is 6.65. The zero-order chi connectivity index (χ0) is 16.4. The van der Waals surface area contributed by atoms with Crippen LogP contribution in [0.4, 0.5) is 0 Å². The van der Waals surface area contributed by atoms with E-state index in [1.165, 1.54) is 6.92 Å². The normalized spacial score (nSPS) is 20.7. The van der Waals surface area contributed by atoms with Crippen molar-refractivity contribution in [3.05, 3.63) is 34.1 Å². The second kappa shape index (κ2) is 6.49. The molecule has 0 aromatic carbocycles. The third kappa shape index (κ3) is 3.42. The third-order valence-electron chi connectivity index (χ3n) is 3.98. The smallest absolute Gasteiger partial charge is 0.232 e. The molecule has 0 radical (unpaired) electrons. The van der Waals surface area contributed by atoms with E-state index in [4.69, 9.17) is 4.52 Å². The van der Waals surface area contributed by atoms with Crippen molar-refractivity contribution in [2.75, 3.05) is 13.1 Å². The molecule has 0 saturated carbocycles. The zero-order valence-electron chi connectivity index (χ0n) is 13.0. The van der Waals surface area contributed by atoms with Crippen LogP contribution in [-0.4, -0.2) is 39.9 Å². The summed E-state index contributed by atoms with van der Waals surface area (Å²) in [5.41, 5.74) is 0. The molecule has 1 saturated heterocycles. The van der Waals surface area contributed by atoms with Gasteiger partial charge in [-0.3, -0.25) is 9.59 Å². The molecule has 1 fully saturated rings. The molecular weight excluding hydrogens is 316 g/mol. The van der Waals surface area contributed by atoms with E-state index in [2.05, 4.69) is 15.5 Å². The highest BCUT2D eigenvalue weighted by molar-refractivity contribution is 7.09. The van der Waals surface area contributed by atoms with Gasteiger partial charge in [-0.15, -0.1) is 11.3 Å². The van der Waals surface area contributed by atoms with Crippen molar-refractivity contribution >= 4 is 23.2 Å². The van der Waals surface area contributed by atoms with Crippen molar-refractivity contribution < 1.29 is 14.1 Å². The van der Waals surface area contributed by atoms with Crippen LogP contribution in [-0.2, 0) is 16.1 Å². The molecule has 8 heteroatoms. The number of hydrogen-bond acceptors (Lipinski definition) is 6. The summed E-state index contributed by atoms with van der Waals surface area (Å²) in [6, 6.07) is 3.92. The Morgan fingerprint density at radius 2 is 2.30 bits per heavy atom. The van der Waals surface area contributed by atoms with Gasteiger partial charge in [-0.25, -0.2) is 0 Å². The Labute approximate surface area is 137 Å². The highest BCUT2D eigenvalue weighted by atomic mass is 32.1. The average molecular weight is 334 g/mol. The highest BCUT2D eigenvalue weighted by Gasteiger charge is 2.42. The number of carbonyl (C=O) groups is 2. The fourth-order valence-electron chi connectivity index (χ4n) is 2.76. The second-order valence-electron chi connectivity index (χ2n) is 5.61. The first-order chi connectivity index (χ1) is 11.0. The lowest BCUT2D eigenvalue weighted by molar-refractivity contribution is -0.128.